The molecule has 0 fully saturated rings. The van der Waals surface area contributed by atoms with Crippen molar-refractivity contribution in [2.45, 2.75) is 26.7 Å². The van der Waals surface area contributed by atoms with Crippen molar-refractivity contribution in [2.75, 3.05) is 13.2 Å². The van der Waals surface area contributed by atoms with Crippen LogP contribution in [0.2, 0.25) is 0 Å². The van der Waals surface area contributed by atoms with Crippen LogP contribution in [0.4, 0.5) is 5.69 Å². The predicted octanol–water partition coefficient (Wildman–Crippen LogP) is 2.20. The Bertz CT molecular complexity index is 460. The Morgan fingerprint density at radius 1 is 1.47 bits per heavy atom. The monoisotopic (exact) mass is 266 g/mol. The minimum absolute atomic E-state index is 0.121. The molecular formula is C13H18N2O4. The highest BCUT2D eigenvalue weighted by molar-refractivity contribution is 5.77. The van der Waals surface area contributed by atoms with Crippen LogP contribution in [-0.2, 0) is 4.79 Å². The average molecular weight is 266 g/mol. The van der Waals surface area contributed by atoms with Gasteiger partial charge >= 0.3 is 5.69 Å². The van der Waals surface area contributed by atoms with Gasteiger partial charge in [0.1, 0.15) is 0 Å². The van der Waals surface area contributed by atoms with E-state index in [0.717, 1.165) is 18.4 Å². The summed E-state index contributed by atoms with van der Waals surface area (Å²) in [6.45, 7) is 4.21. The van der Waals surface area contributed by atoms with Crippen molar-refractivity contribution < 1.29 is 14.5 Å². The van der Waals surface area contributed by atoms with Crippen LogP contribution in [0.15, 0.2) is 18.2 Å². The first-order valence-electron chi connectivity index (χ1n) is 6.19. The molecule has 6 nitrogen and oxygen atoms in total. The van der Waals surface area contributed by atoms with E-state index in [2.05, 4.69) is 5.32 Å². The molecule has 0 unspecified atom stereocenters. The van der Waals surface area contributed by atoms with Crippen molar-refractivity contribution in [2.24, 2.45) is 0 Å². The summed E-state index contributed by atoms with van der Waals surface area (Å²) < 4.78 is 5.22. The molecule has 0 radical (unpaired) electrons. The van der Waals surface area contributed by atoms with Gasteiger partial charge in [0.2, 0.25) is 0 Å². The summed E-state index contributed by atoms with van der Waals surface area (Å²) in [6.07, 6.45) is 1.89. The lowest BCUT2D eigenvalue weighted by Crippen LogP contribution is -2.29. The molecule has 6 heteroatoms. The second-order valence-electron chi connectivity index (χ2n) is 4.22. The summed E-state index contributed by atoms with van der Waals surface area (Å²) in [5.41, 5.74) is 0.707. The van der Waals surface area contributed by atoms with Crippen LogP contribution in [0.3, 0.4) is 0 Å². The van der Waals surface area contributed by atoms with Gasteiger partial charge in [-0.25, -0.2) is 0 Å². The maximum absolute atomic E-state index is 11.5. The van der Waals surface area contributed by atoms with Gasteiger partial charge in [-0.05, 0) is 25.0 Å². The summed E-state index contributed by atoms with van der Waals surface area (Å²) in [7, 11) is 0. The Balaban J connectivity index is 2.59. The van der Waals surface area contributed by atoms with Gasteiger partial charge in [0.25, 0.3) is 5.91 Å². The first-order chi connectivity index (χ1) is 9.04. The van der Waals surface area contributed by atoms with Gasteiger partial charge in [-0.1, -0.05) is 19.4 Å². The second-order valence-corrected chi connectivity index (χ2v) is 4.22. The van der Waals surface area contributed by atoms with Crippen molar-refractivity contribution in [1.29, 1.82) is 0 Å². The molecule has 0 spiro atoms. The summed E-state index contributed by atoms with van der Waals surface area (Å²) >= 11 is 0. The lowest BCUT2D eigenvalue weighted by atomic mass is 10.2. The average Bonchev–Trinajstić information content (AvgIpc) is 2.36. The van der Waals surface area contributed by atoms with E-state index in [1.165, 1.54) is 6.07 Å². The number of nitrogens with one attached hydrogen (secondary N) is 1. The number of benzene rings is 1. The maximum Gasteiger partial charge on any atom is 0.310 e. The van der Waals surface area contributed by atoms with E-state index in [4.69, 9.17) is 4.74 Å². The molecule has 19 heavy (non-hydrogen) atoms. The number of carbonyl (C=O) groups is 1. The molecule has 1 aromatic carbocycles. The minimum Gasteiger partial charge on any atom is -0.477 e. The highest BCUT2D eigenvalue weighted by atomic mass is 16.6. The predicted molar refractivity (Wildman–Crippen MR) is 71.2 cm³/mol. The molecule has 0 aliphatic rings. The molecule has 1 amide bonds. The largest absolute Gasteiger partial charge is 0.477 e. The Morgan fingerprint density at radius 2 is 2.21 bits per heavy atom. The molecule has 0 aliphatic heterocycles. The van der Waals surface area contributed by atoms with E-state index < -0.39 is 4.92 Å². The van der Waals surface area contributed by atoms with Crippen LogP contribution in [0.5, 0.6) is 5.75 Å². The van der Waals surface area contributed by atoms with Gasteiger partial charge in [0.05, 0.1) is 4.92 Å². The summed E-state index contributed by atoms with van der Waals surface area (Å²) in [6, 6.07) is 4.56. The van der Waals surface area contributed by atoms with E-state index in [0.29, 0.717) is 6.54 Å². The number of nitro groups is 1. The molecule has 0 saturated carbocycles. The van der Waals surface area contributed by atoms with Crippen molar-refractivity contribution >= 4 is 11.6 Å². The van der Waals surface area contributed by atoms with Crippen LogP contribution in [0.25, 0.3) is 0 Å². The number of ether oxygens (including phenoxy) is 1. The van der Waals surface area contributed by atoms with Gasteiger partial charge in [-0.3, -0.25) is 14.9 Å². The number of unbranched alkanes of at least 4 members (excludes halogenated alkanes) is 1. The number of carbonyl (C=O) groups excluding carboxylic acids is 1. The van der Waals surface area contributed by atoms with Gasteiger partial charge < -0.3 is 10.1 Å². The smallest absolute Gasteiger partial charge is 0.310 e. The zero-order valence-corrected chi connectivity index (χ0v) is 11.1. The summed E-state index contributed by atoms with van der Waals surface area (Å²) in [5, 5.41) is 13.5. The zero-order chi connectivity index (χ0) is 14.3. The van der Waals surface area contributed by atoms with E-state index in [9.17, 15) is 14.9 Å². The highest BCUT2D eigenvalue weighted by Gasteiger charge is 2.15. The van der Waals surface area contributed by atoms with Gasteiger partial charge in [0.15, 0.2) is 12.4 Å². The normalized spacial score (nSPS) is 10.0. The van der Waals surface area contributed by atoms with Crippen LogP contribution >= 0.6 is 0 Å². The Hall–Kier alpha value is -2.11. The number of nitrogens with zero attached hydrogens (tertiary/aromatic N) is 1. The van der Waals surface area contributed by atoms with Gasteiger partial charge in [0, 0.05) is 12.6 Å². The molecular weight excluding hydrogens is 248 g/mol. The zero-order valence-electron chi connectivity index (χ0n) is 11.1. The van der Waals surface area contributed by atoms with Crippen molar-refractivity contribution in [3.05, 3.63) is 33.9 Å². The minimum atomic E-state index is -0.524. The first-order valence-corrected chi connectivity index (χ1v) is 6.19. The quantitative estimate of drug-likeness (QED) is 0.466. The lowest BCUT2D eigenvalue weighted by Gasteiger charge is -2.08. The van der Waals surface area contributed by atoms with Gasteiger partial charge in [-0.2, -0.15) is 0 Å². The Labute approximate surface area is 111 Å². The molecule has 0 atom stereocenters. The molecule has 1 N–H and O–H groups in total. The molecule has 0 aromatic heterocycles. The number of aryl methyl sites for hydroxylation is 1. The lowest BCUT2D eigenvalue weighted by molar-refractivity contribution is -0.385. The SMILES string of the molecule is CCCCNC(=O)COc1cc(C)ccc1[N+](=O)[O-]. The fraction of sp³-hybridized carbons (Fsp3) is 0.462. The Morgan fingerprint density at radius 3 is 2.84 bits per heavy atom. The third kappa shape index (κ3) is 4.95. The third-order valence-electron chi connectivity index (χ3n) is 2.52. The van der Waals surface area contributed by atoms with Crippen molar-refractivity contribution in [3.8, 4) is 5.75 Å². The van der Waals surface area contributed by atoms with E-state index in [1.54, 1.807) is 19.1 Å². The Kier molecular flexibility index (Phi) is 5.78. The van der Waals surface area contributed by atoms with Gasteiger partial charge in [-0.15, -0.1) is 0 Å². The standard InChI is InChI=1S/C13H18N2O4/c1-3-4-7-14-13(16)9-19-12-8-10(2)5-6-11(12)15(17)18/h5-6,8H,3-4,7,9H2,1-2H3,(H,14,16). The first kappa shape index (κ1) is 14.9. The van der Waals surface area contributed by atoms with E-state index in [1.807, 2.05) is 6.92 Å². The number of hydrogen-bond donors (Lipinski definition) is 1. The van der Waals surface area contributed by atoms with Crippen LogP contribution in [-0.4, -0.2) is 24.0 Å². The molecule has 0 aliphatic carbocycles. The topological polar surface area (TPSA) is 81.5 Å². The molecule has 104 valence electrons. The van der Waals surface area contributed by atoms with Crippen molar-refractivity contribution in [3.63, 3.8) is 0 Å². The molecule has 0 heterocycles. The van der Waals surface area contributed by atoms with E-state index >= 15 is 0 Å². The molecule has 1 rings (SSSR count). The number of nitro benzene ring substituents is 1. The van der Waals surface area contributed by atoms with Crippen LogP contribution < -0.4 is 10.1 Å². The fourth-order valence-corrected chi connectivity index (χ4v) is 1.49. The molecule has 0 saturated heterocycles. The van der Waals surface area contributed by atoms with Crippen molar-refractivity contribution in [1.82, 2.24) is 5.32 Å². The van der Waals surface area contributed by atoms with E-state index in [-0.39, 0.29) is 24.0 Å². The molecule has 0 bridgehead atoms. The number of hydrogen-bond acceptors (Lipinski definition) is 4. The number of rotatable bonds is 7. The van der Waals surface area contributed by atoms with Crippen LogP contribution in [0, 0.1) is 17.0 Å². The summed E-state index contributed by atoms with van der Waals surface area (Å²) in [5.74, 6) is -0.153. The maximum atomic E-state index is 11.5. The fourth-order valence-electron chi connectivity index (χ4n) is 1.49. The van der Waals surface area contributed by atoms with Crippen LogP contribution in [0.1, 0.15) is 25.3 Å². The highest BCUT2D eigenvalue weighted by Crippen LogP contribution is 2.27. The second kappa shape index (κ2) is 7.35. The third-order valence-corrected chi connectivity index (χ3v) is 2.52. The summed E-state index contributed by atoms with van der Waals surface area (Å²) in [4.78, 5) is 21.7. The molecule has 1 aromatic rings. The number of amides is 1.